The Morgan fingerprint density at radius 1 is 1.14 bits per heavy atom. The molecule has 3 heterocycles. The summed E-state index contributed by atoms with van der Waals surface area (Å²) in [5.41, 5.74) is 1.10. The summed E-state index contributed by atoms with van der Waals surface area (Å²) in [6, 6.07) is 11.6. The average molecular weight is 388 g/mol. The molecule has 1 amide bonds. The number of hydrogen-bond acceptors (Lipinski definition) is 4. The molecule has 1 saturated heterocycles. The topological polar surface area (TPSA) is 93.0 Å². The van der Waals surface area contributed by atoms with Crippen molar-refractivity contribution in [2.45, 2.75) is 19.0 Å². The summed E-state index contributed by atoms with van der Waals surface area (Å²) in [5, 5.41) is 13.1. The number of likely N-dealkylation sites (tertiary alicyclic amines) is 1. The van der Waals surface area contributed by atoms with Gasteiger partial charge in [0.1, 0.15) is 12.4 Å². The van der Waals surface area contributed by atoms with E-state index in [0.29, 0.717) is 25.1 Å². The Morgan fingerprint density at radius 2 is 1.90 bits per heavy atom. The SMILES string of the molecule is O=C1C(=O)N(CCC[n+]2cc[nH]c2)C(c2ccccc2)C1=C([O-])c1ccncc1. The van der Waals surface area contributed by atoms with E-state index in [1.165, 1.54) is 17.3 Å². The summed E-state index contributed by atoms with van der Waals surface area (Å²) in [6.45, 7) is 1.06. The minimum Gasteiger partial charge on any atom is -0.872 e. The van der Waals surface area contributed by atoms with Crippen molar-refractivity contribution < 1.29 is 19.3 Å². The Kier molecular flexibility index (Phi) is 5.20. The van der Waals surface area contributed by atoms with Crippen LogP contribution in [0.3, 0.4) is 0 Å². The largest absolute Gasteiger partial charge is 0.872 e. The second-order valence-electron chi connectivity index (χ2n) is 6.82. The Hall–Kier alpha value is -3.74. The van der Waals surface area contributed by atoms with E-state index in [-0.39, 0.29) is 5.57 Å². The van der Waals surface area contributed by atoms with Crippen LogP contribution in [-0.2, 0) is 16.1 Å². The average Bonchev–Trinajstić information content (AvgIpc) is 3.37. The highest BCUT2D eigenvalue weighted by Gasteiger charge is 2.43. The van der Waals surface area contributed by atoms with E-state index in [0.717, 1.165) is 5.56 Å². The molecule has 0 saturated carbocycles. The molecule has 1 atom stereocenters. The predicted octanol–water partition coefficient (Wildman–Crippen LogP) is 1.01. The second kappa shape index (κ2) is 8.10. The van der Waals surface area contributed by atoms with Crippen molar-refractivity contribution in [3.63, 3.8) is 0 Å². The van der Waals surface area contributed by atoms with E-state index in [2.05, 4.69) is 9.97 Å². The van der Waals surface area contributed by atoms with E-state index in [1.807, 2.05) is 53.6 Å². The first-order valence-corrected chi connectivity index (χ1v) is 9.40. The smallest absolute Gasteiger partial charge is 0.295 e. The van der Waals surface area contributed by atoms with Gasteiger partial charge in [0.25, 0.3) is 5.91 Å². The van der Waals surface area contributed by atoms with Gasteiger partial charge >= 0.3 is 0 Å². The van der Waals surface area contributed by atoms with Crippen LogP contribution in [0.5, 0.6) is 0 Å². The van der Waals surface area contributed by atoms with Gasteiger partial charge in [-0.05, 0) is 23.3 Å². The van der Waals surface area contributed by atoms with Crippen LogP contribution in [0.1, 0.15) is 23.6 Å². The van der Waals surface area contributed by atoms with Crippen molar-refractivity contribution >= 4 is 17.4 Å². The molecule has 0 spiro atoms. The zero-order chi connectivity index (χ0) is 20.2. The van der Waals surface area contributed by atoms with Crippen LogP contribution in [0, 0.1) is 0 Å². The molecule has 3 aromatic rings. The zero-order valence-electron chi connectivity index (χ0n) is 15.7. The quantitative estimate of drug-likeness (QED) is 0.295. The zero-order valence-corrected chi connectivity index (χ0v) is 15.7. The second-order valence-corrected chi connectivity index (χ2v) is 6.82. The molecule has 1 aromatic carbocycles. The highest BCUT2D eigenvalue weighted by Crippen LogP contribution is 2.38. The van der Waals surface area contributed by atoms with Crippen molar-refractivity contribution in [3.8, 4) is 0 Å². The van der Waals surface area contributed by atoms with Gasteiger partial charge in [0.05, 0.1) is 12.6 Å². The number of carbonyl (C=O) groups is 2. The molecule has 0 aliphatic carbocycles. The summed E-state index contributed by atoms with van der Waals surface area (Å²) in [7, 11) is 0. The number of amides is 1. The number of pyridine rings is 1. The standard InChI is InChI=1S/C22H20N4O3/c27-20(17-7-9-23-10-8-17)18-19(16-5-2-1-3-6-16)26(22(29)21(18)28)13-4-12-25-14-11-24-15-25/h1-3,5-11,14-15,19H,4,12-13H2,(H,27,28). The molecule has 0 bridgehead atoms. The minimum atomic E-state index is -0.727. The van der Waals surface area contributed by atoms with Gasteiger partial charge in [0, 0.05) is 30.9 Å². The number of hydrogen-bond donors (Lipinski definition) is 1. The van der Waals surface area contributed by atoms with Gasteiger partial charge in [0.2, 0.25) is 12.1 Å². The Balaban J connectivity index is 1.70. The highest BCUT2D eigenvalue weighted by atomic mass is 16.3. The molecule has 29 heavy (non-hydrogen) atoms. The molecule has 1 aliphatic rings. The summed E-state index contributed by atoms with van der Waals surface area (Å²) in [4.78, 5) is 34.0. The normalized spacial score (nSPS) is 18.3. The van der Waals surface area contributed by atoms with E-state index >= 15 is 0 Å². The number of benzene rings is 1. The van der Waals surface area contributed by atoms with Gasteiger partial charge in [-0.2, -0.15) is 0 Å². The van der Waals surface area contributed by atoms with Crippen molar-refractivity contribution in [2.75, 3.05) is 6.54 Å². The van der Waals surface area contributed by atoms with E-state index < -0.39 is 23.5 Å². The number of aromatic amines is 1. The maximum absolute atomic E-state index is 13.1. The summed E-state index contributed by atoms with van der Waals surface area (Å²) in [6.07, 6.45) is 9.20. The van der Waals surface area contributed by atoms with Crippen molar-refractivity contribution in [1.82, 2.24) is 14.9 Å². The van der Waals surface area contributed by atoms with E-state index in [1.54, 1.807) is 12.1 Å². The first kappa shape index (κ1) is 18.6. The molecule has 1 N–H and O–H groups in total. The molecular weight excluding hydrogens is 368 g/mol. The molecule has 146 valence electrons. The number of imidazole rings is 1. The number of aromatic nitrogens is 3. The number of H-pyrrole nitrogens is 1. The number of rotatable bonds is 6. The van der Waals surface area contributed by atoms with Crippen LogP contribution in [0.2, 0.25) is 0 Å². The van der Waals surface area contributed by atoms with Crippen LogP contribution in [-0.4, -0.2) is 33.1 Å². The highest BCUT2D eigenvalue weighted by molar-refractivity contribution is 6.46. The van der Waals surface area contributed by atoms with E-state index in [4.69, 9.17) is 0 Å². The Bertz CT molecular complexity index is 1030. The molecule has 7 heteroatoms. The molecular formula is C22H20N4O3. The van der Waals surface area contributed by atoms with Gasteiger partial charge in [-0.3, -0.25) is 19.6 Å². The summed E-state index contributed by atoms with van der Waals surface area (Å²) >= 11 is 0. The maximum atomic E-state index is 13.1. The molecule has 4 rings (SSSR count). The van der Waals surface area contributed by atoms with Crippen LogP contribution in [0.4, 0.5) is 0 Å². The van der Waals surface area contributed by atoms with Crippen LogP contribution in [0.25, 0.3) is 5.76 Å². The number of carbonyl (C=O) groups excluding carboxylic acids is 2. The maximum Gasteiger partial charge on any atom is 0.295 e. The minimum absolute atomic E-state index is 0.00157. The fraction of sp³-hybridized carbons (Fsp3) is 0.182. The predicted molar refractivity (Wildman–Crippen MR) is 103 cm³/mol. The molecule has 2 aromatic heterocycles. The summed E-state index contributed by atoms with van der Waals surface area (Å²) < 4.78 is 1.96. The summed E-state index contributed by atoms with van der Waals surface area (Å²) in [5.74, 6) is -1.78. The monoisotopic (exact) mass is 388 g/mol. The fourth-order valence-corrected chi connectivity index (χ4v) is 3.62. The third kappa shape index (κ3) is 3.67. The van der Waals surface area contributed by atoms with Gasteiger partial charge in [-0.1, -0.05) is 36.1 Å². The van der Waals surface area contributed by atoms with Crippen LogP contribution in [0.15, 0.2) is 79.2 Å². The van der Waals surface area contributed by atoms with Crippen LogP contribution >= 0.6 is 0 Å². The van der Waals surface area contributed by atoms with Crippen molar-refractivity contribution in [2.24, 2.45) is 0 Å². The van der Waals surface area contributed by atoms with Gasteiger partial charge in [0.15, 0.2) is 0 Å². The number of aryl methyl sites for hydroxylation is 1. The lowest BCUT2D eigenvalue weighted by Crippen LogP contribution is -2.36. The van der Waals surface area contributed by atoms with Gasteiger partial charge in [-0.25, -0.2) is 4.57 Å². The third-order valence-electron chi connectivity index (χ3n) is 5.01. The lowest BCUT2D eigenvalue weighted by atomic mass is 9.95. The molecule has 0 radical (unpaired) electrons. The molecule has 1 aliphatic heterocycles. The van der Waals surface area contributed by atoms with Crippen molar-refractivity contribution in [1.29, 1.82) is 0 Å². The number of Topliss-reactive ketones (excluding diaryl/α,β-unsaturated/α-hetero) is 1. The van der Waals surface area contributed by atoms with Gasteiger partial charge < -0.3 is 10.0 Å². The lowest BCUT2D eigenvalue weighted by molar-refractivity contribution is -0.695. The molecule has 1 unspecified atom stereocenters. The first-order valence-electron chi connectivity index (χ1n) is 9.40. The number of ketones is 1. The van der Waals surface area contributed by atoms with Gasteiger partial charge in [-0.15, -0.1) is 0 Å². The number of nitrogens with one attached hydrogen (secondary N) is 1. The van der Waals surface area contributed by atoms with Crippen LogP contribution < -0.4 is 9.67 Å². The molecule has 1 fully saturated rings. The Labute approximate surface area is 168 Å². The number of nitrogens with zero attached hydrogens (tertiary/aromatic N) is 3. The first-order chi connectivity index (χ1) is 14.2. The molecule has 7 nitrogen and oxygen atoms in total. The lowest BCUT2D eigenvalue weighted by Gasteiger charge is -2.27. The van der Waals surface area contributed by atoms with E-state index in [9.17, 15) is 14.7 Å². The third-order valence-corrected chi connectivity index (χ3v) is 5.01. The van der Waals surface area contributed by atoms with Crippen molar-refractivity contribution in [3.05, 3.63) is 90.3 Å². The Morgan fingerprint density at radius 3 is 2.59 bits per heavy atom. The fourth-order valence-electron chi connectivity index (χ4n) is 3.62.